The van der Waals surface area contributed by atoms with Crippen LogP contribution >= 0.6 is 0 Å². The van der Waals surface area contributed by atoms with E-state index in [1.807, 2.05) is 18.2 Å². The van der Waals surface area contributed by atoms with Gasteiger partial charge in [0.2, 0.25) is 0 Å². The van der Waals surface area contributed by atoms with Gasteiger partial charge in [0.15, 0.2) is 0 Å². The van der Waals surface area contributed by atoms with E-state index < -0.39 is 5.97 Å². The van der Waals surface area contributed by atoms with E-state index >= 15 is 0 Å². The average molecular weight is 346 g/mol. The second-order valence-corrected chi connectivity index (χ2v) is 7.02. The topological polar surface area (TPSA) is 46.5 Å². The zero-order chi connectivity index (χ0) is 17.9. The molecule has 3 aromatic carbocycles. The van der Waals surface area contributed by atoms with Gasteiger partial charge in [-0.1, -0.05) is 42.5 Å². The maximum absolute atomic E-state index is 11.1. The van der Waals surface area contributed by atoms with E-state index in [1.54, 1.807) is 0 Å². The number of carboxylic acid groups (broad SMARTS) is 1. The number of aliphatic carboxylic acids is 1. The fraction of sp³-hybridized carbons (Fsp3) is 0.261. The second-order valence-electron chi connectivity index (χ2n) is 7.02. The SMILES string of the molecule is O=C(O)CC1CCCc2cc(OCc3ccc4ccccc4c3)ccc21. The number of benzene rings is 3. The molecule has 3 heteroatoms. The van der Waals surface area contributed by atoms with Crippen LogP contribution in [0, 0.1) is 0 Å². The summed E-state index contributed by atoms with van der Waals surface area (Å²) < 4.78 is 6.01. The molecular formula is C23H22O3. The van der Waals surface area contributed by atoms with Crippen LogP contribution < -0.4 is 4.74 Å². The van der Waals surface area contributed by atoms with Crippen molar-refractivity contribution in [2.24, 2.45) is 0 Å². The molecule has 0 heterocycles. The maximum atomic E-state index is 11.1. The Morgan fingerprint density at radius 2 is 1.88 bits per heavy atom. The van der Waals surface area contributed by atoms with E-state index in [2.05, 4.69) is 42.5 Å². The van der Waals surface area contributed by atoms with Gasteiger partial charge < -0.3 is 9.84 Å². The molecule has 4 rings (SSSR count). The van der Waals surface area contributed by atoms with Gasteiger partial charge in [-0.25, -0.2) is 0 Å². The highest BCUT2D eigenvalue weighted by atomic mass is 16.5. The minimum Gasteiger partial charge on any atom is -0.489 e. The molecule has 0 amide bonds. The van der Waals surface area contributed by atoms with E-state index in [-0.39, 0.29) is 12.3 Å². The molecule has 0 saturated heterocycles. The summed E-state index contributed by atoms with van der Waals surface area (Å²) in [5, 5.41) is 11.6. The van der Waals surface area contributed by atoms with Gasteiger partial charge in [-0.3, -0.25) is 4.79 Å². The van der Waals surface area contributed by atoms with Gasteiger partial charge in [0.25, 0.3) is 0 Å². The van der Waals surface area contributed by atoms with Crippen LogP contribution in [0.4, 0.5) is 0 Å². The first-order chi connectivity index (χ1) is 12.7. The number of aryl methyl sites for hydroxylation is 1. The lowest BCUT2D eigenvalue weighted by Crippen LogP contribution is -2.13. The Morgan fingerprint density at radius 3 is 2.73 bits per heavy atom. The number of carbonyl (C=O) groups is 1. The maximum Gasteiger partial charge on any atom is 0.303 e. The number of fused-ring (bicyclic) bond motifs is 2. The third-order valence-electron chi connectivity index (χ3n) is 5.19. The molecule has 0 spiro atoms. The van der Waals surface area contributed by atoms with Gasteiger partial charge in [-0.05, 0) is 70.8 Å². The Balaban J connectivity index is 1.49. The van der Waals surface area contributed by atoms with E-state index in [0.29, 0.717) is 6.61 Å². The lowest BCUT2D eigenvalue weighted by atomic mass is 9.81. The van der Waals surface area contributed by atoms with Crippen LogP contribution in [0.5, 0.6) is 5.75 Å². The van der Waals surface area contributed by atoms with Crippen LogP contribution in [-0.4, -0.2) is 11.1 Å². The zero-order valence-electron chi connectivity index (χ0n) is 14.7. The van der Waals surface area contributed by atoms with E-state index in [1.165, 1.54) is 21.9 Å². The summed E-state index contributed by atoms with van der Waals surface area (Å²) in [4.78, 5) is 11.1. The molecular weight excluding hydrogens is 324 g/mol. The van der Waals surface area contributed by atoms with Gasteiger partial charge in [0, 0.05) is 0 Å². The smallest absolute Gasteiger partial charge is 0.303 e. The first kappa shape index (κ1) is 16.6. The summed E-state index contributed by atoms with van der Waals surface area (Å²) in [5.74, 6) is 0.262. The summed E-state index contributed by atoms with van der Waals surface area (Å²) in [6, 6.07) is 20.8. The van der Waals surface area contributed by atoms with Gasteiger partial charge in [0.1, 0.15) is 12.4 Å². The van der Waals surface area contributed by atoms with Crippen LogP contribution in [0.25, 0.3) is 10.8 Å². The lowest BCUT2D eigenvalue weighted by molar-refractivity contribution is -0.137. The Hall–Kier alpha value is -2.81. The molecule has 0 bridgehead atoms. The zero-order valence-corrected chi connectivity index (χ0v) is 14.7. The molecule has 1 unspecified atom stereocenters. The van der Waals surface area contributed by atoms with Gasteiger partial charge in [0.05, 0.1) is 6.42 Å². The minimum atomic E-state index is -0.723. The van der Waals surface area contributed by atoms with Crippen molar-refractivity contribution in [3.8, 4) is 5.75 Å². The summed E-state index contributed by atoms with van der Waals surface area (Å²) in [5.41, 5.74) is 3.56. The third kappa shape index (κ3) is 3.57. The largest absolute Gasteiger partial charge is 0.489 e. The summed E-state index contributed by atoms with van der Waals surface area (Å²) in [7, 11) is 0. The van der Waals surface area contributed by atoms with Gasteiger partial charge >= 0.3 is 5.97 Å². The van der Waals surface area contributed by atoms with Crippen LogP contribution in [-0.2, 0) is 17.8 Å². The second kappa shape index (κ2) is 7.20. The highest BCUT2D eigenvalue weighted by Gasteiger charge is 2.22. The standard InChI is InChI=1S/C23H22O3/c24-23(25)14-20-7-3-6-19-13-21(10-11-22(19)20)26-15-16-8-9-17-4-1-2-5-18(17)12-16/h1-2,4-5,8-13,20H,3,6-7,14-15H2,(H,24,25). The predicted molar refractivity (Wildman–Crippen MR) is 103 cm³/mol. The summed E-state index contributed by atoms with van der Waals surface area (Å²) in [6.07, 6.45) is 3.21. The van der Waals surface area contributed by atoms with Crippen molar-refractivity contribution in [1.29, 1.82) is 0 Å². The number of rotatable bonds is 5. The Bertz CT molecular complexity index is 945. The van der Waals surface area contributed by atoms with Crippen molar-refractivity contribution in [2.45, 2.75) is 38.2 Å². The lowest BCUT2D eigenvalue weighted by Gasteiger charge is -2.24. The number of hydrogen-bond acceptors (Lipinski definition) is 2. The fourth-order valence-corrected chi connectivity index (χ4v) is 3.90. The molecule has 3 nitrogen and oxygen atoms in total. The summed E-state index contributed by atoms with van der Waals surface area (Å²) >= 11 is 0. The van der Waals surface area contributed by atoms with Crippen molar-refractivity contribution in [3.05, 3.63) is 77.4 Å². The van der Waals surface area contributed by atoms with E-state index in [9.17, 15) is 4.79 Å². The first-order valence-corrected chi connectivity index (χ1v) is 9.14. The molecule has 0 saturated carbocycles. The Kier molecular flexibility index (Phi) is 4.61. The fourth-order valence-electron chi connectivity index (χ4n) is 3.90. The van der Waals surface area contributed by atoms with E-state index in [4.69, 9.17) is 9.84 Å². The molecule has 0 aliphatic heterocycles. The monoisotopic (exact) mass is 346 g/mol. The van der Waals surface area contributed by atoms with E-state index in [0.717, 1.165) is 30.6 Å². The number of hydrogen-bond donors (Lipinski definition) is 1. The highest BCUT2D eigenvalue weighted by Crippen LogP contribution is 2.36. The molecule has 0 aromatic heterocycles. The van der Waals surface area contributed by atoms with Crippen molar-refractivity contribution >= 4 is 16.7 Å². The first-order valence-electron chi connectivity index (χ1n) is 9.14. The molecule has 1 N–H and O–H groups in total. The van der Waals surface area contributed by atoms with Crippen LogP contribution in [0.1, 0.15) is 41.9 Å². The van der Waals surface area contributed by atoms with Crippen molar-refractivity contribution in [3.63, 3.8) is 0 Å². The minimum absolute atomic E-state index is 0.130. The Morgan fingerprint density at radius 1 is 1.04 bits per heavy atom. The molecule has 3 aromatic rings. The summed E-state index contributed by atoms with van der Waals surface area (Å²) in [6.45, 7) is 0.530. The molecule has 0 fully saturated rings. The van der Waals surface area contributed by atoms with Crippen LogP contribution in [0.3, 0.4) is 0 Å². The van der Waals surface area contributed by atoms with Gasteiger partial charge in [-0.2, -0.15) is 0 Å². The molecule has 26 heavy (non-hydrogen) atoms. The van der Waals surface area contributed by atoms with Crippen LogP contribution in [0.15, 0.2) is 60.7 Å². The highest BCUT2D eigenvalue weighted by molar-refractivity contribution is 5.82. The Labute approximate surface area is 153 Å². The molecule has 1 aliphatic rings. The molecule has 132 valence electrons. The molecule has 1 atom stereocenters. The number of ether oxygens (including phenoxy) is 1. The normalized spacial score (nSPS) is 16.2. The quantitative estimate of drug-likeness (QED) is 0.681. The van der Waals surface area contributed by atoms with Crippen molar-refractivity contribution < 1.29 is 14.6 Å². The number of carboxylic acids is 1. The predicted octanol–water partition coefficient (Wildman–Crippen LogP) is 5.31. The van der Waals surface area contributed by atoms with Gasteiger partial charge in [-0.15, -0.1) is 0 Å². The average Bonchev–Trinajstić information content (AvgIpc) is 2.66. The van der Waals surface area contributed by atoms with Crippen molar-refractivity contribution in [1.82, 2.24) is 0 Å². The molecule has 0 radical (unpaired) electrons. The third-order valence-corrected chi connectivity index (χ3v) is 5.19. The van der Waals surface area contributed by atoms with Crippen LogP contribution in [0.2, 0.25) is 0 Å². The molecule has 1 aliphatic carbocycles. The van der Waals surface area contributed by atoms with Crippen molar-refractivity contribution in [2.75, 3.05) is 0 Å².